The molecule has 0 atom stereocenters. The second-order valence-electron chi connectivity index (χ2n) is 5.52. The predicted molar refractivity (Wildman–Crippen MR) is 106 cm³/mol. The van der Waals surface area contributed by atoms with Gasteiger partial charge < -0.3 is 5.32 Å². The van der Waals surface area contributed by atoms with Crippen molar-refractivity contribution in [2.24, 2.45) is 0 Å². The van der Waals surface area contributed by atoms with Crippen molar-refractivity contribution in [3.63, 3.8) is 0 Å². The summed E-state index contributed by atoms with van der Waals surface area (Å²) in [4.78, 5) is 19.0. The molecule has 4 nitrogen and oxygen atoms in total. The summed E-state index contributed by atoms with van der Waals surface area (Å²) in [5.41, 5.74) is 1.44. The minimum atomic E-state index is -0.155. The van der Waals surface area contributed by atoms with Gasteiger partial charge in [-0.25, -0.2) is 4.98 Å². The molecule has 1 heterocycles. The second-order valence-corrected chi connectivity index (χ2v) is 7.45. The van der Waals surface area contributed by atoms with E-state index in [-0.39, 0.29) is 12.5 Å². The normalized spacial score (nSPS) is 11.2. The van der Waals surface area contributed by atoms with Crippen LogP contribution >= 0.6 is 34.5 Å². The number of fused-ring (bicyclic) bond motifs is 1. The van der Waals surface area contributed by atoms with Crippen LogP contribution in [0.25, 0.3) is 10.2 Å². The monoisotopic (exact) mass is 393 g/mol. The van der Waals surface area contributed by atoms with E-state index < -0.39 is 0 Å². The molecule has 1 N–H and O–H groups in total. The van der Waals surface area contributed by atoms with Gasteiger partial charge in [0.25, 0.3) is 0 Å². The third-order valence-corrected chi connectivity index (χ3v) is 5.39. The van der Waals surface area contributed by atoms with Crippen LogP contribution in [0.4, 0.5) is 5.69 Å². The first-order valence-corrected chi connectivity index (χ1v) is 9.44. The Morgan fingerprint density at radius 1 is 1.16 bits per heavy atom. The minimum absolute atomic E-state index is 0.155. The highest BCUT2D eigenvalue weighted by atomic mass is 35.5. The number of likely N-dealkylation sites (N-methyl/N-ethyl adjacent to an activating group) is 1. The van der Waals surface area contributed by atoms with Gasteiger partial charge in [0.05, 0.1) is 39.0 Å². The first kappa shape index (κ1) is 18.1. The zero-order valence-corrected chi connectivity index (χ0v) is 16.0. The third kappa shape index (κ3) is 4.50. The van der Waals surface area contributed by atoms with Crippen molar-refractivity contribution in [2.45, 2.75) is 13.5 Å². The topological polar surface area (TPSA) is 45.2 Å². The molecule has 0 aliphatic carbocycles. The maximum Gasteiger partial charge on any atom is 0.238 e. The van der Waals surface area contributed by atoms with Gasteiger partial charge in [0, 0.05) is 0 Å². The first-order valence-electron chi connectivity index (χ1n) is 7.87. The Hall–Kier alpha value is -1.66. The summed E-state index contributed by atoms with van der Waals surface area (Å²) in [6.45, 7) is 3.62. The van der Waals surface area contributed by atoms with Gasteiger partial charge in [-0.1, -0.05) is 48.3 Å². The summed E-state index contributed by atoms with van der Waals surface area (Å²) < 4.78 is 1.15. The Morgan fingerprint density at radius 2 is 1.88 bits per heavy atom. The zero-order valence-electron chi connectivity index (χ0n) is 13.6. The number of hydrogen-bond acceptors (Lipinski definition) is 4. The fourth-order valence-corrected chi connectivity index (χ4v) is 3.96. The predicted octanol–water partition coefficient (Wildman–Crippen LogP) is 5.06. The lowest BCUT2D eigenvalue weighted by Gasteiger charge is -2.19. The molecule has 0 spiro atoms. The van der Waals surface area contributed by atoms with E-state index in [1.165, 1.54) is 0 Å². The molecule has 1 amide bonds. The summed E-state index contributed by atoms with van der Waals surface area (Å²) in [6, 6.07) is 13.2. The van der Waals surface area contributed by atoms with Crippen molar-refractivity contribution in [2.75, 3.05) is 18.4 Å². The molecule has 7 heteroatoms. The van der Waals surface area contributed by atoms with Crippen LogP contribution in [0.3, 0.4) is 0 Å². The molecule has 0 radical (unpaired) electrons. The van der Waals surface area contributed by atoms with Gasteiger partial charge in [0.1, 0.15) is 5.01 Å². The molecule has 0 aliphatic heterocycles. The maximum absolute atomic E-state index is 12.4. The smallest absolute Gasteiger partial charge is 0.238 e. The van der Waals surface area contributed by atoms with Gasteiger partial charge >= 0.3 is 0 Å². The van der Waals surface area contributed by atoms with E-state index in [2.05, 4.69) is 16.4 Å². The number of hydrogen-bond donors (Lipinski definition) is 1. The number of nitrogens with zero attached hydrogens (tertiary/aromatic N) is 2. The van der Waals surface area contributed by atoms with Crippen LogP contribution in [-0.2, 0) is 11.3 Å². The van der Waals surface area contributed by atoms with Gasteiger partial charge in [-0.2, -0.15) is 0 Å². The van der Waals surface area contributed by atoms with Crippen molar-refractivity contribution in [1.82, 2.24) is 9.88 Å². The van der Waals surface area contributed by atoms with Crippen molar-refractivity contribution < 1.29 is 4.79 Å². The molecule has 3 aromatic rings. The van der Waals surface area contributed by atoms with E-state index in [9.17, 15) is 4.79 Å². The van der Waals surface area contributed by atoms with E-state index in [0.717, 1.165) is 21.8 Å². The lowest BCUT2D eigenvalue weighted by atomic mass is 10.3. The highest BCUT2D eigenvalue weighted by molar-refractivity contribution is 7.18. The summed E-state index contributed by atoms with van der Waals surface area (Å²) in [5.74, 6) is -0.155. The largest absolute Gasteiger partial charge is 0.322 e. The van der Waals surface area contributed by atoms with Crippen LogP contribution in [0.1, 0.15) is 11.9 Å². The first-order chi connectivity index (χ1) is 12.1. The number of thiazole rings is 1. The number of nitrogens with one attached hydrogen (secondary N) is 1. The lowest BCUT2D eigenvalue weighted by Crippen LogP contribution is -2.32. The molecule has 1 aromatic heterocycles. The molecule has 0 fully saturated rings. The maximum atomic E-state index is 12.4. The number of amides is 1. The Kier molecular flexibility index (Phi) is 5.91. The third-order valence-electron chi connectivity index (χ3n) is 3.74. The molecule has 0 aliphatic rings. The Balaban J connectivity index is 1.66. The van der Waals surface area contributed by atoms with Gasteiger partial charge in [0.2, 0.25) is 5.91 Å². The van der Waals surface area contributed by atoms with Gasteiger partial charge in [0.15, 0.2) is 0 Å². The summed E-state index contributed by atoms with van der Waals surface area (Å²) in [5, 5.41) is 4.64. The quantitative estimate of drug-likeness (QED) is 0.635. The van der Waals surface area contributed by atoms with Crippen LogP contribution < -0.4 is 5.32 Å². The fraction of sp³-hybridized carbons (Fsp3) is 0.222. The highest BCUT2D eigenvalue weighted by Gasteiger charge is 2.15. The standard InChI is InChI=1S/C18H17Cl2N3OS/c1-2-23(11-17-21-14-8-3-4-9-15(14)25-17)10-16(24)22-18-12(19)6-5-7-13(18)20/h3-9H,2,10-11H2,1H3,(H,22,24). The average Bonchev–Trinajstić information content (AvgIpc) is 3.00. The summed E-state index contributed by atoms with van der Waals surface area (Å²) in [6.07, 6.45) is 0. The molecular formula is C18H17Cl2N3OS. The molecule has 3 rings (SSSR count). The number of carbonyl (C=O) groups is 1. The Morgan fingerprint density at radius 3 is 2.56 bits per heavy atom. The summed E-state index contributed by atoms with van der Waals surface area (Å²) in [7, 11) is 0. The van der Waals surface area contributed by atoms with Gasteiger partial charge in [-0.15, -0.1) is 11.3 Å². The number of aromatic nitrogens is 1. The van der Waals surface area contributed by atoms with E-state index in [0.29, 0.717) is 22.3 Å². The van der Waals surface area contributed by atoms with Crippen LogP contribution in [0.15, 0.2) is 42.5 Å². The SMILES string of the molecule is CCN(CC(=O)Nc1c(Cl)cccc1Cl)Cc1nc2ccccc2s1. The van der Waals surface area contributed by atoms with E-state index >= 15 is 0 Å². The van der Waals surface area contributed by atoms with Crippen LogP contribution in [0.5, 0.6) is 0 Å². The molecule has 25 heavy (non-hydrogen) atoms. The van der Waals surface area contributed by atoms with E-state index in [1.54, 1.807) is 29.5 Å². The van der Waals surface area contributed by atoms with Gasteiger partial charge in [-0.3, -0.25) is 9.69 Å². The number of anilines is 1. The molecule has 0 saturated heterocycles. The number of benzene rings is 2. The van der Waals surface area contributed by atoms with Crippen molar-refractivity contribution in [1.29, 1.82) is 0 Å². The molecule has 130 valence electrons. The molecule has 2 aromatic carbocycles. The Labute approximate surface area is 160 Å². The van der Waals surface area contributed by atoms with Crippen LogP contribution in [-0.4, -0.2) is 28.9 Å². The lowest BCUT2D eigenvalue weighted by molar-refractivity contribution is -0.117. The summed E-state index contributed by atoms with van der Waals surface area (Å²) >= 11 is 13.8. The average molecular weight is 394 g/mol. The Bertz CT molecular complexity index is 844. The highest BCUT2D eigenvalue weighted by Crippen LogP contribution is 2.29. The zero-order chi connectivity index (χ0) is 17.8. The van der Waals surface area contributed by atoms with Gasteiger partial charge in [-0.05, 0) is 30.8 Å². The molecule has 0 saturated carbocycles. The van der Waals surface area contributed by atoms with E-state index in [1.807, 2.05) is 30.0 Å². The molecule has 0 unspecified atom stereocenters. The number of para-hydroxylation sites is 2. The molecular weight excluding hydrogens is 377 g/mol. The fourth-order valence-electron chi connectivity index (χ4n) is 2.46. The molecule has 0 bridgehead atoms. The number of carbonyl (C=O) groups excluding carboxylic acids is 1. The minimum Gasteiger partial charge on any atom is -0.322 e. The second kappa shape index (κ2) is 8.15. The van der Waals surface area contributed by atoms with Crippen molar-refractivity contribution >= 4 is 56.3 Å². The van der Waals surface area contributed by atoms with Crippen molar-refractivity contribution in [3.05, 3.63) is 57.5 Å². The van der Waals surface area contributed by atoms with Crippen molar-refractivity contribution in [3.8, 4) is 0 Å². The number of halogens is 2. The number of rotatable bonds is 6. The van der Waals surface area contributed by atoms with Crippen LogP contribution in [0.2, 0.25) is 10.0 Å². The van der Waals surface area contributed by atoms with E-state index in [4.69, 9.17) is 23.2 Å². The van der Waals surface area contributed by atoms with Crippen LogP contribution in [0, 0.1) is 0 Å².